The normalized spacial score (nSPS) is 13.1. The number of benzene rings is 1. The summed E-state index contributed by atoms with van der Waals surface area (Å²) in [5, 5.41) is 4.55. The van der Waals surface area contributed by atoms with Crippen LogP contribution in [0.4, 0.5) is 0 Å². The molecule has 1 atom stereocenters. The van der Waals surface area contributed by atoms with Crippen molar-refractivity contribution in [3.8, 4) is 0 Å². The Morgan fingerprint density at radius 1 is 1.50 bits per heavy atom. The molecule has 0 aliphatic rings. The van der Waals surface area contributed by atoms with Crippen LogP contribution in [-0.4, -0.2) is 12.3 Å². The van der Waals surface area contributed by atoms with Gasteiger partial charge in [-0.2, -0.15) is 0 Å². The highest BCUT2D eigenvalue weighted by Gasteiger charge is 1.97. The van der Waals surface area contributed by atoms with Crippen LogP contribution in [-0.2, 0) is 4.84 Å². The molecule has 1 unspecified atom stereocenters. The Hall–Kier alpha value is -1.02. The van der Waals surface area contributed by atoms with Crippen molar-refractivity contribution in [1.29, 1.82) is 0 Å². The average Bonchev–Trinajstić information content (AvgIpc) is 2.20. The van der Waals surface area contributed by atoms with Gasteiger partial charge in [-0.25, -0.2) is 0 Å². The highest BCUT2D eigenvalue weighted by molar-refractivity contribution is 6.33. The number of rotatable bonds is 4. The molecule has 2 nitrogen and oxygen atoms in total. The van der Waals surface area contributed by atoms with E-state index in [2.05, 4.69) is 12.1 Å². The minimum atomic E-state index is 0.147. The first-order valence-electron chi connectivity index (χ1n) is 4.67. The quantitative estimate of drug-likeness (QED) is 0.552. The third kappa shape index (κ3) is 3.38. The standard InChI is InChI=1S/C11H14ClNO/c1-3-9(2)14-13-8-10-6-4-5-7-11(10)12/h4-9H,3H2,1-2H3. The second-order valence-electron chi connectivity index (χ2n) is 3.08. The van der Waals surface area contributed by atoms with Crippen LogP contribution in [0.25, 0.3) is 0 Å². The van der Waals surface area contributed by atoms with E-state index in [4.69, 9.17) is 16.4 Å². The van der Waals surface area contributed by atoms with Crippen molar-refractivity contribution in [2.24, 2.45) is 5.16 Å². The van der Waals surface area contributed by atoms with Crippen molar-refractivity contribution in [2.75, 3.05) is 0 Å². The van der Waals surface area contributed by atoms with E-state index in [0.717, 1.165) is 12.0 Å². The molecule has 0 aliphatic heterocycles. The van der Waals surface area contributed by atoms with Gasteiger partial charge < -0.3 is 4.84 Å². The van der Waals surface area contributed by atoms with Gasteiger partial charge in [0.15, 0.2) is 0 Å². The van der Waals surface area contributed by atoms with Crippen LogP contribution in [0.5, 0.6) is 0 Å². The van der Waals surface area contributed by atoms with E-state index in [1.807, 2.05) is 31.2 Å². The molecule has 14 heavy (non-hydrogen) atoms. The van der Waals surface area contributed by atoms with Crippen molar-refractivity contribution in [3.05, 3.63) is 34.9 Å². The van der Waals surface area contributed by atoms with Gasteiger partial charge in [-0.15, -0.1) is 0 Å². The lowest BCUT2D eigenvalue weighted by atomic mass is 10.2. The summed E-state index contributed by atoms with van der Waals surface area (Å²) in [6.07, 6.45) is 2.72. The average molecular weight is 212 g/mol. The van der Waals surface area contributed by atoms with Crippen LogP contribution in [0.15, 0.2) is 29.4 Å². The molecule has 0 aromatic heterocycles. The zero-order valence-corrected chi connectivity index (χ0v) is 9.16. The minimum Gasteiger partial charge on any atom is -0.393 e. The maximum atomic E-state index is 5.93. The number of halogens is 1. The van der Waals surface area contributed by atoms with Crippen LogP contribution in [0.2, 0.25) is 5.02 Å². The lowest BCUT2D eigenvalue weighted by molar-refractivity contribution is 0.0712. The molecule has 0 bridgehead atoms. The number of hydrogen-bond acceptors (Lipinski definition) is 2. The van der Waals surface area contributed by atoms with E-state index in [0.29, 0.717) is 5.02 Å². The highest BCUT2D eigenvalue weighted by atomic mass is 35.5. The smallest absolute Gasteiger partial charge is 0.124 e. The Morgan fingerprint density at radius 2 is 2.21 bits per heavy atom. The first-order valence-corrected chi connectivity index (χ1v) is 5.05. The van der Waals surface area contributed by atoms with Crippen molar-refractivity contribution < 1.29 is 4.84 Å². The van der Waals surface area contributed by atoms with Gasteiger partial charge in [-0.3, -0.25) is 0 Å². The predicted molar refractivity (Wildman–Crippen MR) is 59.9 cm³/mol. The summed E-state index contributed by atoms with van der Waals surface area (Å²) in [5.41, 5.74) is 0.873. The van der Waals surface area contributed by atoms with Crippen LogP contribution in [0, 0.1) is 0 Å². The molecular formula is C11H14ClNO. The van der Waals surface area contributed by atoms with Crippen molar-refractivity contribution in [1.82, 2.24) is 0 Å². The van der Waals surface area contributed by atoms with Crippen LogP contribution in [0.3, 0.4) is 0 Å². The highest BCUT2D eigenvalue weighted by Crippen LogP contribution is 2.12. The summed E-state index contributed by atoms with van der Waals surface area (Å²) in [6.45, 7) is 4.03. The summed E-state index contributed by atoms with van der Waals surface area (Å²) in [7, 11) is 0. The SMILES string of the molecule is CCC(C)ON=Cc1ccccc1Cl. The van der Waals surface area contributed by atoms with Gasteiger partial charge in [-0.05, 0) is 19.4 Å². The Morgan fingerprint density at radius 3 is 2.86 bits per heavy atom. The van der Waals surface area contributed by atoms with Crippen LogP contribution < -0.4 is 0 Å². The molecule has 0 spiro atoms. The molecule has 0 aliphatic carbocycles. The lowest BCUT2D eigenvalue weighted by Crippen LogP contribution is -2.01. The molecule has 3 heteroatoms. The third-order valence-electron chi connectivity index (χ3n) is 1.91. The van der Waals surface area contributed by atoms with Crippen molar-refractivity contribution >= 4 is 17.8 Å². The second kappa shape index (κ2) is 5.66. The molecule has 0 saturated carbocycles. The Labute approximate surface area is 89.5 Å². The van der Waals surface area contributed by atoms with E-state index in [9.17, 15) is 0 Å². The van der Waals surface area contributed by atoms with Gasteiger partial charge in [0.1, 0.15) is 6.10 Å². The molecule has 1 aromatic carbocycles. The van der Waals surface area contributed by atoms with Gasteiger partial charge in [0.2, 0.25) is 0 Å². The number of oxime groups is 1. The number of hydrogen-bond donors (Lipinski definition) is 0. The maximum Gasteiger partial charge on any atom is 0.124 e. The van der Waals surface area contributed by atoms with Crippen LogP contribution >= 0.6 is 11.6 Å². The lowest BCUT2D eigenvalue weighted by Gasteiger charge is -2.04. The Kier molecular flexibility index (Phi) is 4.47. The fraction of sp³-hybridized carbons (Fsp3) is 0.364. The van der Waals surface area contributed by atoms with E-state index in [1.54, 1.807) is 6.21 Å². The van der Waals surface area contributed by atoms with Gasteiger partial charge >= 0.3 is 0 Å². The third-order valence-corrected chi connectivity index (χ3v) is 2.26. The fourth-order valence-corrected chi connectivity index (χ4v) is 1.03. The molecule has 1 rings (SSSR count). The van der Waals surface area contributed by atoms with Gasteiger partial charge in [0.25, 0.3) is 0 Å². The fourth-order valence-electron chi connectivity index (χ4n) is 0.845. The first kappa shape index (κ1) is 11.1. The summed E-state index contributed by atoms with van der Waals surface area (Å²) in [6, 6.07) is 7.52. The summed E-state index contributed by atoms with van der Waals surface area (Å²) >= 11 is 5.93. The molecule has 0 N–H and O–H groups in total. The Bertz CT molecular complexity index is 312. The molecule has 0 heterocycles. The van der Waals surface area contributed by atoms with Gasteiger partial charge in [-0.1, -0.05) is 41.9 Å². The van der Waals surface area contributed by atoms with Gasteiger partial charge in [0, 0.05) is 10.6 Å². The minimum absolute atomic E-state index is 0.147. The largest absolute Gasteiger partial charge is 0.393 e. The Balaban J connectivity index is 2.56. The van der Waals surface area contributed by atoms with Crippen molar-refractivity contribution in [2.45, 2.75) is 26.4 Å². The zero-order chi connectivity index (χ0) is 10.4. The molecule has 0 fully saturated rings. The second-order valence-corrected chi connectivity index (χ2v) is 3.49. The van der Waals surface area contributed by atoms with E-state index in [-0.39, 0.29) is 6.10 Å². The summed E-state index contributed by atoms with van der Waals surface area (Å²) in [4.78, 5) is 5.16. The first-order chi connectivity index (χ1) is 6.74. The van der Waals surface area contributed by atoms with E-state index in [1.165, 1.54) is 0 Å². The molecule has 0 radical (unpaired) electrons. The topological polar surface area (TPSA) is 21.6 Å². The number of nitrogens with zero attached hydrogens (tertiary/aromatic N) is 1. The molecule has 0 saturated heterocycles. The molecule has 0 amide bonds. The summed E-state index contributed by atoms with van der Waals surface area (Å²) < 4.78 is 0. The van der Waals surface area contributed by atoms with E-state index >= 15 is 0 Å². The van der Waals surface area contributed by atoms with Crippen molar-refractivity contribution in [3.63, 3.8) is 0 Å². The monoisotopic (exact) mass is 211 g/mol. The van der Waals surface area contributed by atoms with E-state index < -0.39 is 0 Å². The molecular weight excluding hydrogens is 198 g/mol. The zero-order valence-electron chi connectivity index (χ0n) is 8.40. The predicted octanol–water partition coefficient (Wildman–Crippen LogP) is 3.49. The summed E-state index contributed by atoms with van der Waals surface area (Å²) in [5.74, 6) is 0. The van der Waals surface area contributed by atoms with Crippen LogP contribution in [0.1, 0.15) is 25.8 Å². The maximum absolute atomic E-state index is 5.93. The van der Waals surface area contributed by atoms with Gasteiger partial charge in [0.05, 0.1) is 6.21 Å². The molecule has 1 aromatic rings. The molecule has 76 valence electrons.